The molecule has 0 aliphatic heterocycles. The molecule has 2 aromatic carbocycles. The first-order valence-corrected chi connectivity index (χ1v) is 7.80. The van der Waals surface area contributed by atoms with Gasteiger partial charge in [-0.25, -0.2) is 8.78 Å². The van der Waals surface area contributed by atoms with Crippen molar-refractivity contribution in [2.24, 2.45) is 0 Å². The molecule has 21 heavy (non-hydrogen) atoms. The molecular weight excluding hydrogens is 312 g/mol. The van der Waals surface area contributed by atoms with Crippen molar-refractivity contribution >= 4 is 23.4 Å². The third kappa shape index (κ3) is 4.70. The first kappa shape index (κ1) is 16.3. The van der Waals surface area contributed by atoms with Gasteiger partial charge in [0.25, 0.3) is 0 Å². The predicted molar refractivity (Wildman–Crippen MR) is 83.9 cm³/mol. The molecule has 0 spiro atoms. The molecule has 5 heteroatoms. The number of hydrogen-bond donors (Lipinski definition) is 1. The van der Waals surface area contributed by atoms with Crippen molar-refractivity contribution in [2.45, 2.75) is 36.2 Å². The second-order valence-corrected chi connectivity index (χ2v) is 6.50. The van der Waals surface area contributed by atoms with Gasteiger partial charge in [-0.1, -0.05) is 37.2 Å². The quantitative estimate of drug-likeness (QED) is 0.803. The summed E-state index contributed by atoms with van der Waals surface area (Å²) in [6.45, 7) is 4.41. The highest BCUT2D eigenvalue weighted by Crippen LogP contribution is 2.33. The van der Waals surface area contributed by atoms with E-state index in [0.717, 1.165) is 16.7 Å². The van der Waals surface area contributed by atoms with Crippen LogP contribution in [0.2, 0.25) is 5.02 Å². The molecule has 2 rings (SSSR count). The minimum atomic E-state index is -0.546. The summed E-state index contributed by atoms with van der Waals surface area (Å²) in [6.07, 6.45) is 0. The Labute approximate surface area is 132 Å². The van der Waals surface area contributed by atoms with Gasteiger partial charge < -0.3 is 5.32 Å². The lowest BCUT2D eigenvalue weighted by atomic mass is 10.2. The summed E-state index contributed by atoms with van der Waals surface area (Å²) >= 11 is 6.85. The van der Waals surface area contributed by atoms with Gasteiger partial charge in [-0.15, -0.1) is 0 Å². The van der Waals surface area contributed by atoms with Crippen LogP contribution < -0.4 is 5.32 Å². The monoisotopic (exact) mass is 327 g/mol. The fraction of sp³-hybridized carbons (Fsp3) is 0.250. The molecular formula is C16H16ClF2NS. The molecule has 0 aromatic heterocycles. The third-order valence-corrected chi connectivity index (χ3v) is 4.16. The van der Waals surface area contributed by atoms with Crippen molar-refractivity contribution in [1.82, 2.24) is 5.32 Å². The summed E-state index contributed by atoms with van der Waals surface area (Å²) in [5.74, 6) is -1.09. The molecule has 0 fully saturated rings. The number of nitrogens with one attached hydrogen (secondary N) is 1. The SMILES string of the molecule is CC(C)NCc1cc(F)c(Sc2ccc(Cl)cc2)c(F)c1. The van der Waals surface area contributed by atoms with Crippen LogP contribution in [0, 0.1) is 11.6 Å². The van der Waals surface area contributed by atoms with Crippen molar-refractivity contribution < 1.29 is 8.78 Å². The highest BCUT2D eigenvalue weighted by molar-refractivity contribution is 7.99. The molecule has 112 valence electrons. The van der Waals surface area contributed by atoms with Gasteiger partial charge in [0.1, 0.15) is 11.6 Å². The number of halogens is 3. The van der Waals surface area contributed by atoms with Gasteiger partial charge in [-0.3, -0.25) is 0 Å². The smallest absolute Gasteiger partial charge is 0.140 e. The van der Waals surface area contributed by atoms with Crippen LogP contribution in [-0.4, -0.2) is 6.04 Å². The van der Waals surface area contributed by atoms with Crippen molar-refractivity contribution in [3.05, 3.63) is 58.6 Å². The Hall–Kier alpha value is -1.10. The number of benzene rings is 2. The van der Waals surface area contributed by atoms with Gasteiger partial charge in [0.15, 0.2) is 0 Å². The van der Waals surface area contributed by atoms with Crippen LogP contribution >= 0.6 is 23.4 Å². The van der Waals surface area contributed by atoms with E-state index >= 15 is 0 Å². The van der Waals surface area contributed by atoms with E-state index in [0.29, 0.717) is 17.1 Å². The molecule has 1 nitrogen and oxygen atoms in total. The first-order valence-electron chi connectivity index (χ1n) is 6.60. The van der Waals surface area contributed by atoms with E-state index in [4.69, 9.17) is 11.6 Å². The van der Waals surface area contributed by atoms with Gasteiger partial charge in [0, 0.05) is 22.5 Å². The fourth-order valence-electron chi connectivity index (χ4n) is 1.75. The molecule has 0 saturated heterocycles. The van der Waals surface area contributed by atoms with Crippen LogP contribution in [0.5, 0.6) is 0 Å². The van der Waals surface area contributed by atoms with Crippen LogP contribution in [0.4, 0.5) is 8.78 Å². The van der Waals surface area contributed by atoms with Crippen molar-refractivity contribution in [3.63, 3.8) is 0 Å². The van der Waals surface area contributed by atoms with Gasteiger partial charge in [0.05, 0.1) is 4.90 Å². The average molecular weight is 328 g/mol. The first-order chi connectivity index (χ1) is 9.95. The van der Waals surface area contributed by atoms with E-state index in [2.05, 4.69) is 5.32 Å². The topological polar surface area (TPSA) is 12.0 Å². The van der Waals surface area contributed by atoms with Crippen LogP contribution in [0.15, 0.2) is 46.2 Å². The summed E-state index contributed by atoms with van der Waals surface area (Å²) < 4.78 is 28.2. The molecule has 0 heterocycles. The molecule has 2 aromatic rings. The minimum Gasteiger partial charge on any atom is -0.310 e. The predicted octanol–water partition coefficient (Wildman–Crippen LogP) is 5.27. The number of hydrogen-bond acceptors (Lipinski definition) is 2. The van der Waals surface area contributed by atoms with Crippen molar-refractivity contribution in [1.29, 1.82) is 0 Å². The standard InChI is InChI=1S/C16H16ClF2NS/c1-10(2)20-9-11-7-14(18)16(15(19)8-11)21-13-5-3-12(17)4-6-13/h3-8,10,20H,9H2,1-2H3. The maximum absolute atomic E-state index is 14.1. The Morgan fingerprint density at radius 3 is 2.19 bits per heavy atom. The van der Waals surface area contributed by atoms with E-state index in [-0.39, 0.29) is 10.9 Å². The Morgan fingerprint density at radius 2 is 1.67 bits per heavy atom. The molecule has 0 atom stereocenters. The summed E-state index contributed by atoms with van der Waals surface area (Å²) in [6, 6.07) is 9.87. The van der Waals surface area contributed by atoms with E-state index < -0.39 is 11.6 Å². The van der Waals surface area contributed by atoms with Crippen LogP contribution in [-0.2, 0) is 6.54 Å². The summed E-state index contributed by atoms with van der Waals surface area (Å²) in [4.78, 5) is 0.746. The molecule has 0 bridgehead atoms. The lowest BCUT2D eigenvalue weighted by molar-refractivity contribution is 0.529. The van der Waals surface area contributed by atoms with Crippen molar-refractivity contribution in [3.8, 4) is 0 Å². The van der Waals surface area contributed by atoms with Gasteiger partial charge in [0.2, 0.25) is 0 Å². The highest BCUT2D eigenvalue weighted by atomic mass is 35.5. The maximum atomic E-state index is 14.1. The van der Waals surface area contributed by atoms with E-state index in [9.17, 15) is 8.78 Å². The molecule has 0 radical (unpaired) electrons. The zero-order valence-corrected chi connectivity index (χ0v) is 13.4. The molecule has 0 aliphatic rings. The van der Waals surface area contributed by atoms with E-state index in [1.54, 1.807) is 24.3 Å². The van der Waals surface area contributed by atoms with Crippen molar-refractivity contribution in [2.75, 3.05) is 0 Å². The Morgan fingerprint density at radius 1 is 1.10 bits per heavy atom. The Bertz CT molecular complexity index is 591. The summed E-state index contributed by atoms with van der Waals surface area (Å²) in [5, 5.41) is 3.73. The molecule has 0 unspecified atom stereocenters. The molecule has 0 saturated carbocycles. The molecule has 0 amide bonds. The maximum Gasteiger partial charge on any atom is 0.140 e. The molecule has 0 aliphatic carbocycles. The van der Waals surface area contributed by atoms with E-state index in [1.807, 2.05) is 13.8 Å². The van der Waals surface area contributed by atoms with E-state index in [1.165, 1.54) is 12.1 Å². The second-order valence-electron chi connectivity index (χ2n) is 4.98. The Balaban J connectivity index is 2.18. The van der Waals surface area contributed by atoms with Crippen LogP contribution in [0.25, 0.3) is 0 Å². The average Bonchev–Trinajstić information content (AvgIpc) is 2.42. The minimum absolute atomic E-state index is 0.00520. The van der Waals surface area contributed by atoms with Crippen LogP contribution in [0.3, 0.4) is 0 Å². The number of rotatable bonds is 5. The fourth-order valence-corrected chi connectivity index (χ4v) is 2.70. The third-order valence-electron chi connectivity index (χ3n) is 2.81. The Kier molecular flexibility index (Phi) is 5.62. The van der Waals surface area contributed by atoms with Gasteiger partial charge >= 0.3 is 0 Å². The van der Waals surface area contributed by atoms with Crippen LogP contribution in [0.1, 0.15) is 19.4 Å². The lowest BCUT2D eigenvalue weighted by Gasteiger charge is -2.11. The largest absolute Gasteiger partial charge is 0.310 e. The normalized spacial score (nSPS) is 11.1. The highest BCUT2D eigenvalue weighted by Gasteiger charge is 2.13. The molecule has 1 N–H and O–H groups in total. The summed E-state index contributed by atoms with van der Waals surface area (Å²) in [5.41, 5.74) is 0.596. The summed E-state index contributed by atoms with van der Waals surface area (Å²) in [7, 11) is 0. The second kappa shape index (κ2) is 7.25. The lowest BCUT2D eigenvalue weighted by Crippen LogP contribution is -2.22. The van der Waals surface area contributed by atoms with Gasteiger partial charge in [-0.05, 0) is 42.0 Å². The van der Waals surface area contributed by atoms with Gasteiger partial charge in [-0.2, -0.15) is 0 Å². The zero-order chi connectivity index (χ0) is 15.4. The zero-order valence-electron chi connectivity index (χ0n) is 11.8.